The fourth-order valence-corrected chi connectivity index (χ4v) is 4.39. The van der Waals surface area contributed by atoms with Crippen LogP contribution in [0.15, 0.2) is 53.4 Å². The minimum atomic E-state index is -0.406. The van der Waals surface area contributed by atoms with Crippen LogP contribution < -0.4 is 10.1 Å². The lowest BCUT2D eigenvalue weighted by molar-refractivity contribution is -0.117. The largest absolute Gasteiger partial charge is 0.496 e. The number of para-hydroxylation sites is 1. The second-order valence-corrected chi connectivity index (χ2v) is 8.67. The number of aryl methyl sites for hydroxylation is 1. The highest BCUT2D eigenvalue weighted by Gasteiger charge is 2.21. The number of carbonyl (C=O) groups is 1. The summed E-state index contributed by atoms with van der Waals surface area (Å²) in [6.45, 7) is 6.43. The van der Waals surface area contributed by atoms with Gasteiger partial charge in [0.25, 0.3) is 0 Å². The summed E-state index contributed by atoms with van der Waals surface area (Å²) in [6, 6.07) is 15.7. The molecule has 7 heteroatoms. The Morgan fingerprint density at radius 3 is 2.47 bits per heavy atom. The molecule has 0 saturated carbocycles. The Kier molecular flexibility index (Phi) is 8.57. The van der Waals surface area contributed by atoms with Gasteiger partial charge in [0.05, 0.1) is 19.8 Å². The lowest BCUT2D eigenvalue weighted by Gasteiger charge is -2.35. The first kappa shape index (κ1) is 22.6. The van der Waals surface area contributed by atoms with Crippen LogP contribution in [0, 0.1) is 6.92 Å². The SMILES string of the molecule is COc1ccccc1SCC(O)CN1CCN(CC(=O)Nc2ccc(C)cc2)CC1. The molecule has 6 nitrogen and oxygen atoms in total. The quantitative estimate of drug-likeness (QED) is 0.598. The monoisotopic (exact) mass is 429 g/mol. The van der Waals surface area contributed by atoms with Crippen molar-refractivity contribution in [3.8, 4) is 5.75 Å². The van der Waals surface area contributed by atoms with Gasteiger partial charge in [0.1, 0.15) is 5.75 Å². The van der Waals surface area contributed by atoms with Crippen LogP contribution in [0.1, 0.15) is 5.56 Å². The van der Waals surface area contributed by atoms with E-state index < -0.39 is 6.10 Å². The Morgan fingerprint density at radius 2 is 1.77 bits per heavy atom. The number of carbonyl (C=O) groups excluding carboxylic acids is 1. The van der Waals surface area contributed by atoms with E-state index in [-0.39, 0.29) is 5.91 Å². The normalized spacial score (nSPS) is 16.2. The molecule has 3 rings (SSSR count). The first-order valence-corrected chi connectivity index (χ1v) is 11.3. The molecule has 1 aliphatic heterocycles. The van der Waals surface area contributed by atoms with Crippen LogP contribution in [0.4, 0.5) is 5.69 Å². The number of ether oxygens (including phenoxy) is 1. The molecule has 0 radical (unpaired) electrons. The molecule has 2 aromatic rings. The molecule has 2 N–H and O–H groups in total. The highest BCUT2D eigenvalue weighted by Crippen LogP contribution is 2.29. The number of nitrogens with zero attached hydrogens (tertiary/aromatic N) is 2. The summed E-state index contributed by atoms with van der Waals surface area (Å²) in [4.78, 5) is 17.8. The molecular weight excluding hydrogens is 398 g/mol. The molecule has 1 aliphatic rings. The van der Waals surface area contributed by atoms with Crippen LogP contribution in [0.5, 0.6) is 5.75 Å². The van der Waals surface area contributed by atoms with E-state index in [1.54, 1.807) is 18.9 Å². The highest BCUT2D eigenvalue weighted by atomic mass is 32.2. The first-order valence-electron chi connectivity index (χ1n) is 10.3. The maximum Gasteiger partial charge on any atom is 0.238 e. The minimum Gasteiger partial charge on any atom is -0.496 e. The third-order valence-electron chi connectivity index (χ3n) is 5.14. The summed E-state index contributed by atoms with van der Waals surface area (Å²) >= 11 is 1.61. The van der Waals surface area contributed by atoms with E-state index in [1.165, 1.54) is 5.56 Å². The highest BCUT2D eigenvalue weighted by molar-refractivity contribution is 7.99. The molecule has 30 heavy (non-hydrogen) atoms. The number of hydrogen-bond acceptors (Lipinski definition) is 6. The predicted octanol–water partition coefficient (Wildman–Crippen LogP) is 2.71. The van der Waals surface area contributed by atoms with Gasteiger partial charge < -0.3 is 15.2 Å². The number of thioether (sulfide) groups is 1. The number of methoxy groups -OCH3 is 1. The van der Waals surface area contributed by atoms with Gasteiger partial charge in [-0.3, -0.25) is 14.6 Å². The van der Waals surface area contributed by atoms with Gasteiger partial charge in [0, 0.05) is 49.1 Å². The summed E-state index contributed by atoms with van der Waals surface area (Å²) in [6.07, 6.45) is -0.406. The fraction of sp³-hybridized carbons (Fsp3) is 0.435. The molecule has 2 aromatic carbocycles. The number of hydrogen-bond donors (Lipinski definition) is 2. The molecule has 0 bridgehead atoms. The van der Waals surface area contributed by atoms with Crippen LogP contribution in [0.3, 0.4) is 0 Å². The van der Waals surface area contributed by atoms with Crippen molar-refractivity contribution in [3.05, 3.63) is 54.1 Å². The van der Waals surface area contributed by atoms with Crippen molar-refractivity contribution in [1.29, 1.82) is 0 Å². The molecule has 1 unspecified atom stereocenters. The van der Waals surface area contributed by atoms with Crippen LogP contribution >= 0.6 is 11.8 Å². The molecule has 1 saturated heterocycles. The second-order valence-electron chi connectivity index (χ2n) is 7.61. The smallest absolute Gasteiger partial charge is 0.238 e. The summed E-state index contributed by atoms with van der Waals surface area (Å²) in [7, 11) is 1.66. The third-order valence-corrected chi connectivity index (χ3v) is 6.34. The average Bonchev–Trinajstić information content (AvgIpc) is 2.75. The van der Waals surface area contributed by atoms with Crippen molar-refractivity contribution in [1.82, 2.24) is 9.80 Å². The van der Waals surface area contributed by atoms with Gasteiger partial charge in [-0.2, -0.15) is 0 Å². The topological polar surface area (TPSA) is 65.0 Å². The summed E-state index contributed by atoms with van der Waals surface area (Å²) in [5, 5.41) is 13.4. The van der Waals surface area contributed by atoms with E-state index in [4.69, 9.17) is 4.74 Å². The predicted molar refractivity (Wildman–Crippen MR) is 122 cm³/mol. The Bertz CT molecular complexity index is 808. The van der Waals surface area contributed by atoms with Crippen molar-refractivity contribution in [2.75, 3.05) is 57.4 Å². The Labute approximate surface area is 183 Å². The van der Waals surface area contributed by atoms with E-state index in [9.17, 15) is 9.90 Å². The van der Waals surface area contributed by atoms with Crippen molar-refractivity contribution in [3.63, 3.8) is 0 Å². The number of amides is 1. The number of anilines is 1. The maximum atomic E-state index is 12.3. The molecule has 1 atom stereocenters. The van der Waals surface area contributed by atoms with E-state index in [1.807, 2.05) is 55.5 Å². The first-order chi connectivity index (χ1) is 14.5. The van der Waals surface area contributed by atoms with E-state index in [2.05, 4.69) is 15.1 Å². The number of β-amino-alcohol motifs (C(OH)–C–C–N with tert-alkyl or cyclic N) is 1. The number of aliphatic hydroxyl groups is 1. The van der Waals surface area contributed by atoms with E-state index in [0.29, 0.717) is 18.8 Å². The van der Waals surface area contributed by atoms with Crippen LogP contribution in [-0.4, -0.2) is 79.0 Å². The van der Waals surface area contributed by atoms with Crippen molar-refractivity contribution in [2.24, 2.45) is 0 Å². The molecule has 0 aromatic heterocycles. The molecule has 162 valence electrons. The van der Waals surface area contributed by atoms with Gasteiger partial charge in [0.2, 0.25) is 5.91 Å². The summed E-state index contributed by atoms with van der Waals surface area (Å²) in [5.41, 5.74) is 2.01. The van der Waals surface area contributed by atoms with Gasteiger partial charge >= 0.3 is 0 Å². The zero-order valence-corrected chi connectivity index (χ0v) is 18.5. The van der Waals surface area contributed by atoms with Gasteiger partial charge in [-0.05, 0) is 31.2 Å². The standard InChI is InChI=1S/C23H31N3O3S/c1-18-7-9-19(10-8-18)24-23(28)16-26-13-11-25(12-14-26)15-20(27)17-30-22-6-4-3-5-21(22)29-2/h3-10,20,27H,11-17H2,1-2H3,(H,24,28). The third kappa shape index (κ3) is 7.02. The number of benzene rings is 2. The van der Waals surface area contributed by atoms with E-state index in [0.717, 1.165) is 42.5 Å². The number of piperazine rings is 1. The minimum absolute atomic E-state index is 0.0144. The second kappa shape index (κ2) is 11.4. The Balaban J connectivity index is 1.35. The van der Waals surface area contributed by atoms with Crippen molar-refractivity contribution < 1.29 is 14.6 Å². The number of aliphatic hydroxyl groups excluding tert-OH is 1. The molecule has 1 heterocycles. The zero-order valence-electron chi connectivity index (χ0n) is 17.7. The lowest BCUT2D eigenvalue weighted by atomic mass is 10.2. The van der Waals surface area contributed by atoms with Gasteiger partial charge in [-0.25, -0.2) is 0 Å². The van der Waals surface area contributed by atoms with Gasteiger partial charge in [0.15, 0.2) is 0 Å². The Hall–Kier alpha value is -2.06. The lowest BCUT2D eigenvalue weighted by Crippen LogP contribution is -2.50. The molecule has 0 spiro atoms. The van der Waals surface area contributed by atoms with Crippen LogP contribution in [0.25, 0.3) is 0 Å². The van der Waals surface area contributed by atoms with Gasteiger partial charge in [-0.15, -0.1) is 11.8 Å². The molecular formula is C23H31N3O3S. The molecule has 1 amide bonds. The number of nitrogens with one attached hydrogen (secondary N) is 1. The maximum absolute atomic E-state index is 12.3. The number of rotatable bonds is 9. The Morgan fingerprint density at radius 1 is 1.10 bits per heavy atom. The summed E-state index contributed by atoms with van der Waals surface area (Å²) < 4.78 is 5.36. The zero-order chi connectivity index (χ0) is 21.3. The van der Waals surface area contributed by atoms with Gasteiger partial charge in [-0.1, -0.05) is 29.8 Å². The van der Waals surface area contributed by atoms with Crippen molar-refractivity contribution >= 4 is 23.4 Å². The van der Waals surface area contributed by atoms with Crippen molar-refractivity contribution in [2.45, 2.75) is 17.9 Å². The fourth-order valence-electron chi connectivity index (χ4n) is 3.45. The summed E-state index contributed by atoms with van der Waals surface area (Å²) in [5.74, 6) is 1.48. The van der Waals surface area contributed by atoms with Crippen LogP contribution in [-0.2, 0) is 4.79 Å². The van der Waals surface area contributed by atoms with E-state index >= 15 is 0 Å². The average molecular weight is 430 g/mol. The molecule has 1 fully saturated rings. The van der Waals surface area contributed by atoms with Crippen LogP contribution in [0.2, 0.25) is 0 Å². The molecule has 0 aliphatic carbocycles.